The quantitative estimate of drug-likeness (QED) is 0.0674. The van der Waals surface area contributed by atoms with Gasteiger partial charge in [-0.1, -0.05) is 84.0 Å². The van der Waals surface area contributed by atoms with Crippen molar-refractivity contribution in [2.75, 3.05) is 13.2 Å². The molecule has 2 N–H and O–H groups in total. The van der Waals surface area contributed by atoms with Crippen LogP contribution in [0.25, 0.3) is 0 Å². The lowest BCUT2D eigenvalue weighted by Crippen LogP contribution is -2.29. The van der Waals surface area contributed by atoms with E-state index < -0.39 is 39.1 Å². The van der Waals surface area contributed by atoms with Gasteiger partial charge in [-0.05, 0) is 77.5 Å². The number of unbranched alkanes of at least 4 members (excludes halogenated alkanes) is 12. The van der Waals surface area contributed by atoms with Crippen molar-refractivity contribution in [2.45, 2.75) is 103 Å². The van der Waals surface area contributed by atoms with Crippen LogP contribution in [0.15, 0.2) is 0 Å². The summed E-state index contributed by atoms with van der Waals surface area (Å²) in [5.74, 6) is 28.7. The van der Waals surface area contributed by atoms with Crippen molar-refractivity contribution in [2.24, 2.45) is 0 Å². The van der Waals surface area contributed by atoms with Crippen LogP contribution >= 0.6 is 7.82 Å². The predicted molar refractivity (Wildman–Crippen MR) is 165 cm³/mol. The summed E-state index contributed by atoms with van der Waals surface area (Å²) in [5, 5.41) is 0. The molecule has 0 spiro atoms. The lowest BCUT2D eigenvalue weighted by Gasteiger charge is -2.17. The average molecular weight is 607 g/mol. The van der Waals surface area contributed by atoms with Gasteiger partial charge in [0.15, 0.2) is 6.10 Å². The monoisotopic (exact) mass is 606 g/mol. The highest BCUT2D eigenvalue weighted by Crippen LogP contribution is 2.35. The summed E-state index contributed by atoms with van der Waals surface area (Å²) >= 11 is 0. The van der Waals surface area contributed by atoms with E-state index in [-0.39, 0.29) is 6.42 Å². The van der Waals surface area contributed by atoms with Crippen molar-refractivity contribution in [1.82, 2.24) is 0 Å². The van der Waals surface area contributed by atoms with E-state index in [1.165, 1.54) is 57.8 Å². The van der Waals surface area contributed by atoms with E-state index >= 15 is 0 Å². The number of carbonyl (C=O) groups excluding carboxylic acids is 2. The molecular weight excluding hydrogens is 567 g/mol. The minimum absolute atomic E-state index is 0.130. The molecule has 228 valence electrons. The van der Waals surface area contributed by atoms with Gasteiger partial charge in [-0.2, -0.15) is 0 Å². The Labute approximate surface area is 257 Å². The van der Waals surface area contributed by atoms with Crippen molar-refractivity contribution in [3.05, 3.63) is 0 Å². The van der Waals surface area contributed by atoms with E-state index in [0.29, 0.717) is 6.42 Å². The predicted octanol–water partition coefficient (Wildman–Crippen LogP) is 4.69. The van der Waals surface area contributed by atoms with Gasteiger partial charge >= 0.3 is 19.8 Å². The molecule has 0 aliphatic carbocycles. The Morgan fingerprint density at radius 1 is 0.674 bits per heavy atom. The Kier molecular flexibility index (Phi) is 25.5. The van der Waals surface area contributed by atoms with Crippen molar-refractivity contribution in [1.29, 1.82) is 0 Å². The van der Waals surface area contributed by atoms with Crippen LogP contribution in [0.2, 0.25) is 0 Å². The van der Waals surface area contributed by atoms with Crippen LogP contribution in [0.4, 0.5) is 0 Å². The van der Waals surface area contributed by atoms with Crippen molar-refractivity contribution in [3.8, 4) is 83.4 Å². The molecule has 0 aromatic heterocycles. The first-order valence-electron chi connectivity index (χ1n) is 14.3. The Bertz CT molecular complexity index is 1310. The first-order valence-corrected chi connectivity index (χ1v) is 15.8. The summed E-state index contributed by atoms with van der Waals surface area (Å²) in [6, 6.07) is 0. The normalized spacial score (nSPS) is 9.91. The molecule has 0 rings (SSSR count). The maximum absolute atomic E-state index is 12.2. The van der Waals surface area contributed by atoms with E-state index in [1.54, 1.807) is 0 Å². The molecule has 0 aromatic rings. The fourth-order valence-electron chi connectivity index (χ4n) is 3.43. The zero-order valence-corrected chi connectivity index (χ0v) is 25.7. The average Bonchev–Trinajstić information content (AvgIpc) is 2.97. The minimum Gasteiger partial charge on any atom is -0.456 e. The van der Waals surface area contributed by atoms with Gasteiger partial charge in [0.2, 0.25) is 0 Å². The van der Waals surface area contributed by atoms with Gasteiger partial charge in [-0.25, -0.2) is 9.36 Å². The van der Waals surface area contributed by atoms with Crippen LogP contribution in [0.1, 0.15) is 96.8 Å². The fraction of sp³-hybridized carbons (Fsp3) is 0.529. The highest BCUT2D eigenvalue weighted by atomic mass is 31.2. The highest BCUT2D eigenvalue weighted by Gasteiger charge is 2.22. The number of rotatable bonds is 20. The van der Waals surface area contributed by atoms with Crippen molar-refractivity contribution in [3.63, 3.8) is 0 Å². The smallest absolute Gasteiger partial charge is 0.456 e. The molecule has 8 nitrogen and oxygen atoms in total. The minimum atomic E-state index is -4.82. The highest BCUT2D eigenvalue weighted by molar-refractivity contribution is 7.46. The zero-order valence-electron chi connectivity index (χ0n) is 24.8. The second-order valence-electron chi connectivity index (χ2n) is 9.13. The van der Waals surface area contributed by atoms with Crippen molar-refractivity contribution < 1.29 is 37.9 Å². The van der Waals surface area contributed by atoms with Crippen LogP contribution in [-0.4, -0.2) is 41.0 Å². The van der Waals surface area contributed by atoms with Gasteiger partial charge in [-0.15, -0.1) is 6.42 Å². The maximum Gasteiger partial charge on any atom is 0.469 e. The van der Waals surface area contributed by atoms with Gasteiger partial charge in [0, 0.05) is 12.3 Å². The molecule has 0 heterocycles. The topological polar surface area (TPSA) is 119 Å². The fourth-order valence-corrected chi connectivity index (χ4v) is 3.79. The van der Waals surface area contributed by atoms with Gasteiger partial charge in [-0.3, -0.25) is 9.32 Å². The maximum atomic E-state index is 12.2. The van der Waals surface area contributed by atoms with Crippen LogP contribution < -0.4 is 0 Å². The molecule has 0 radical (unpaired) electrons. The largest absolute Gasteiger partial charge is 0.469 e. The van der Waals surface area contributed by atoms with Crippen molar-refractivity contribution >= 4 is 19.8 Å². The second kappa shape index (κ2) is 28.1. The molecule has 0 bridgehead atoms. The van der Waals surface area contributed by atoms with Crippen LogP contribution in [0.3, 0.4) is 0 Å². The van der Waals surface area contributed by atoms with E-state index in [4.69, 9.17) is 25.7 Å². The molecule has 43 heavy (non-hydrogen) atoms. The Hall–Kier alpha value is -4.03. The molecule has 0 unspecified atom stereocenters. The Morgan fingerprint density at radius 2 is 1.12 bits per heavy atom. The molecule has 9 heteroatoms. The summed E-state index contributed by atoms with van der Waals surface area (Å²) in [5.41, 5.74) is 0. The summed E-state index contributed by atoms with van der Waals surface area (Å²) in [4.78, 5) is 42.0. The molecular formula is C34H39O8P. The van der Waals surface area contributed by atoms with Gasteiger partial charge in [0.05, 0.1) is 6.61 Å². The number of hydrogen-bond donors (Lipinski definition) is 2. The van der Waals surface area contributed by atoms with E-state index in [1.807, 2.05) is 0 Å². The number of hydrogen-bond acceptors (Lipinski definition) is 6. The molecule has 0 saturated carbocycles. The van der Waals surface area contributed by atoms with Gasteiger partial charge in [0.25, 0.3) is 0 Å². The molecule has 0 aromatic carbocycles. The summed E-state index contributed by atoms with van der Waals surface area (Å²) in [6.07, 6.45) is 19.0. The number of carbonyl (C=O) groups is 2. The van der Waals surface area contributed by atoms with E-state index in [2.05, 4.69) is 88.4 Å². The molecule has 0 amide bonds. The van der Waals surface area contributed by atoms with Crippen LogP contribution in [0, 0.1) is 83.4 Å². The summed E-state index contributed by atoms with van der Waals surface area (Å²) in [6.45, 7) is 1.06. The zero-order chi connectivity index (χ0) is 31.9. The number of esters is 2. The molecule has 0 aliphatic heterocycles. The molecule has 0 aliphatic rings. The number of terminal acetylenes is 1. The summed E-state index contributed by atoms with van der Waals surface area (Å²) in [7, 11) is -4.82. The molecule has 0 saturated heterocycles. The lowest BCUT2D eigenvalue weighted by molar-refractivity contribution is -0.158. The third-order valence-electron chi connectivity index (χ3n) is 5.47. The second-order valence-corrected chi connectivity index (χ2v) is 10.4. The number of phosphoric ester groups is 1. The number of phosphoric acid groups is 1. The molecule has 1 atom stereocenters. The SMILES string of the molecule is C#CC#CC#CC#CC#CC#CC#CC(=O)OC[C@H](COP(=O)(O)O)OC(=O)CCCCCCCCCCCCCCC. The lowest BCUT2D eigenvalue weighted by atomic mass is 10.0. The van der Waals surface area contributed by atoms with Crippen LogP contribution in [0.5, 0.6) is 0 Å². The van der Waals surface area contributed by atoms with Gasteiger partial charge in [0.1, 0.15) is 6.61 Å². The molecule has 0 fully saturated rings. The third kappa shape index (κ3) is 30.8. The summed E-state index contributed by atoms with van der Waals surface area (Å²) < 4.78 is 25.6. The Morgan fingerprint density at radius 3 is 1.58 bits per heavy atom. The Balaban J connectivity index is 4.41. The van der Waals surface area contributed by atoms with E-state index in [0.717, 1.165) is 19.3 Å². The van der Waals surface area contributed by atoms with Crippen LogP contribution in [-0.2, 0) is 28.2 Å². The van der Waals surface area contributed by atoms with Gasteiger partial charge < -0.3 is 19.3 Å². The standard InChI is InChI=1S/C34H39O8P/c1-3-5-7-9-11-13-15-17-19-21-23-25-27-29-34(36)42-32(31-41-43(37,38)39)30-40-33(35)28-26-24-22-20-18-16-14-12-10-8-6-4-2/h2,32H,3,5,7,9,11,13,15,17,19,21,23,25,27,29-31H2,1H3,(H2,37,38,39)/t32-/m1/s1. The first kappa shape index (κ1) is 39.0. The first-order chi connectivity index (χ1) is 20.8. The number of ether oxygens (including phenoxy) is 2. The third-order valence-corrected chi connectivity index (χ3v) is 5.96. The van der Waals surface area contributed by atoms with E-state index in [9.17, 15) is 14.2 Å².